The lowest BCUT2D eigenvalue weighted by Gasteiger charge is -2.34. The number of amides is 2. The van der Waals surface area contributed by atoms with Crippen LogP contribution in [0.5, 0.6) is 0 Å². The maximum absolute atomic E-state index is 13.5. The minimum absolute atomic E-state index is 0.128. The van der Waals surface area contributed by atoms with Crippen molar-refractivity contribution in [2.24, 2.45) is 0 Å². The molecule has 0 spiro atoms. The normalized spacial score (nSPS) is 14.9. The van der Waals surface area contributed by atoms with Gasteiger partial charge in [-0.1, -0.05) is 0 Å². The molecule has 0 aliphatic carbocycles. The van der Waals surface area contributed by atoms with Gasteiger partial charge in [0, 0.05) is 42.7 Å². The van der Waals surface area contributed by atoms with Crippen molar-refractivity contribution in [2.45, 2.75) is 13.1 Å². The third kappa shape index (κ3) is 3.99. The first-order valence-corrected chi connectivity index (χ1v) is 9.59. The summed E-state index contributed by atoms with van der Waals surface area (Å²) in [5.41, 5.74) is 0.296. The number of nitrogens with zero attached hydrogens (tertiary/aromatic N) is 2. The molecule has 0 N–H and O–H groups in total. The van der Waals surface area contributed by atoms with Gasteiger partial charge in [-0.3, -0.25) is 9.59 Å². The van der Waals surface area contributed by atoms with E-state index in [0.29, 0.717) is 16.5 Å². The summed E-state index contributed by atoms with van der Waals surface area (Å²) in [6.45, 7) is 2.65. The third-order valence-corrected chi connectivity index (χ3v) is 5.41. The number of furan rings is 1. The fraction of sp³-hybridized carbons (Fsp3) is 0.273. The smallest absolute Gasteiger partial charge is 0.416 e. The molecule has 162 valence electrons. The molecule has 1 aromatic heterocycles. The zero-order chi connectivity index (χ0) is 22.3. The van der Waals surface area contributed by atoms with Crippen LogP contribution in [0.4, 0.5) is 17.6 Å². The number of halogens is 4. The monoisotopic (exact) mass is 434 g/mol. The highest BCUT2D eigenvalue weighted by Gasteiger charge is 2.31. The Bertz CT molecular complexity index is 1140. The van der Waals surface area contributed by atoms with Gasteiger partial charge in [0.1, 0.15) is 11.4 Å². The summed E-state index contributed by atoms with van der Waals surface area (Å²) in [5.74, 6) is -1.04. The average Bonchev–Trinajstić information content (AvgIpc) is 3.08. The molecule has 9 heteroatoms. The van der Waals surface area contributed by atoms with Crippen molar-refractivity contribution in [1.29, 1.82) is 0 Å². The van der Waals surface area contributed by atoms with Crippen LogP contribution in [0.15, 0.2) is 46.9 Å². The molecule has 0 bridgehead atoms. The maximum atomic E-state index is 13.5. The minimum Gasteiger partial charge on any atom is -0.451 e. The number of piperazine rings is 1. The second-order valence-corrected chi connectivity index (χ2v) is 7.36. The van der Waals surface area contributed by atoms with Gasteiger partial charge in [0.2, 0.25) is 0 Å². The fourth-order valence-electron chi connectivity index (χ4n) is 3.64. The zero-order valence-corrected chi connectivity index (χ0v) is 16.5. The number of benzene rings is 2. The van der Waals surface area contributed by atoms with E-state index in [2.05, 4.69) is 0 Å². The van der Waals surface area contributed by atoms with E-state index in [1.807, 2.05) is 0 Å². The van der Waals surface area contributed by atoms with E-state index in [1.165, 1.54) is 28.0 Å². The molecule has 1 aliphatic heterocycles. The number of carbonyl (C=O) groups is 2. The van der Waals surface area contributed by atoms with Crippen LogP contribution in [-0.4, -0.2) is 47.8 Å². The van der Waals surface area contributed by atoms with Gasteiger partial charge in [-0.15, -0.1) is 0 Å². The predicted molar refractivity (Wildman–Crippen MR) is 104 cm³/mol. The lowest BCUT2D eigenvalue weighted by molar-refractivity contribution is -0.137. The van der Waals surface area contributed by atoms with Crippen LogP contribution in [-0.2, 0) is 6.18 Å². The summed E-state index contributed by atoms with van der Waals surface area (Å²) in [5, 5.41) is 0.527. The van der Waals surface area contributed by atoms with E-state index in [9.17, 15) is 27.2 Å². The first-order valence-electron chi connectivity index (χ1n) is 9.59. The molecule has 0 atom stereocenters. The summed E-state index contributed by atoms with van der Waals surface area (Å²) in [4.78, 5) is 28.5. The van der Waals surface area contributed by atoms with Gasteiger partial charge in [-0.05, 0) is 49.4 Å². The molecule has 5 nitrogen and oxygen atoms in total. The molecular weight excluding hydrogens is 416 g/mol. The van der Waals surface area contributed by atoms with Crippen molar-refractivity contribution in [3.63, 3.8) is 0 Å². The van der Waals surface area contributed by atoms with Crippen molar-refractivity contribution < 1.29 is 31.6 Å². The molecule has 2 amide bonds. The Morgan fingerprint density at radius 3 is 2.06 bits per heavy atom. The molecular formula is C22H18F4N2O3. The fourth-order valence-corrected chi connectivity index (χ4v) is 3.64. The summed E-state index contributed by atoms with van der Waals surface area (Å²) in [6.07, 6.45) is -4.46. The minimum atomic E-state index is -4.46. The molecule has 31 heavy (non-hydrogen) atoms. The third-order valence-electron chi connectivity index (χ3n) is 5.41. The van der Waals surface area contributed by atoms with E-state index >= 15 is 0 Å². The lowest BCUT2D eigenvalue weighted by atomic mass is 10.1. The van der Waals surface area contributed by atoms with Crippen LogP contribution in [0.25, 0.3) is 11.0 Å². The molecule has 2 heterocycles. The van der Waals surface area contributed by atoms with Gasteiger partial charge < -0.3 is 14.2 Å². The van der Waals surface area contributed by atoms with Crippen LogP contribution >= 0.6 is 0 Å². The summed E-state index contributed by atoms with van der Waals surface area (Å²) in [6, 6.07) is 8.09. The van der Waals surface area contributed by atoms with Crippen molar-refractivity contribution in [1.82, 2.24) is 9.80 Å². The topological polar surface area (TPSA) is 53.8 Å². The van der Waals surface area contributed by atoms with E-state index < -0.39 is 23.5 Å². The SMILES string of the molecule is Cc1c(C(=O)N2CCN(C(=O)c3ccc(C(F)(F)F)cc3)CC2)oc2ccc(F)cc12. The second kappa shape index (κ2) is 7.72. The molecule has 2 aromatic carbocycles. The first-order chi connectivity index (χ1) is 14.6. The van der Waals surface area contributed by atoms with Gasteiger partial charge in [-0.25, -0.2) is 4.39 Å². The Kier molecular flexibility index (Phi) is 5.20. The van der Waals surface area contributed by atoms with Crippen molar-refractivity contribution in [2.75, 3.05) is 26.2 Å². The Labute approximate surface area is 174 Å². The number of hydrogen-bond donors (Lipinski definition) is 0. The van der Waals surface area contributed by atoms with E-state index in [-0.39, 0.29) is 43.4 Å². The van der Waals surface area contributed by atoms with Crippen LogP contribution in [0.3, 0.4) is 0 Å². The van der Waals surface area contributed by atoms with Crippen LogP contribution in [0.2, 0.25) is 0 Å². The number of aryl methyl sites for hydroxylation is 1. The van der Waals surface area contributed by atoms with Gasteiger partial charge in [0.25, 0.3) is 11.8 Å². The highest BCUT2D eigenvalue weighted by Crippen LogP contribution is 2.30. The molecule has 1 fully saturated rings. The maximum Gasteiger partial charge on any atom is 0.416 e. The van der Waals surface area contributed by atoms with Gasteiger partial charge in [-0.2, -0.15) is 13.2 Å². The number of alkyl halides is 3. The summed E-state index contributed by atoms with van der Waals surface area (Å²) in [7, 11) is 0. The Balaban J connectivity index is 1.43. The van der Waals surface area contributed by atoms with Gasteiger partial charge in [0.15, 0.2) is 5.76 Å². The molecule has 4 rings (SSSR count). The Morgan fingerprint density at radius 2 is 1.48 bits per heavy atom. The van der Waals surface area contributed by atoms with Crippen molar-refractivity contribution in [3.8, 4) is 0 Å². The number of fused-ring (bicyclic) bond motifs is 1. The quantitative estimate of drug-likeness (QED) is 0.559. The van der Waals surface area contributed by atoms with E-state index in [4.69, 9.17) is 4.42 Å². The Morgan fingerprint density at radius 1 is 0.903 bits per heavy atom. The summed E-state index contributed by atoms with van der Waals surface area (Å²) >= 11 is 0. The van der Waals surface area contributed by atoms with Crippen molar-refractivity contribution in [3.05, 3.63) is 70.7 Å². The largest absolute Gasteiger partial charge is 0.451 e. The molecule has 3 aromatic rings. The molecule has 1 aliphatic rings. The van der Waals surface area contributed by atoms with Crippen LogP contribution in [0, 0.1) is 12.7 Å². The summed E-state index contributed by atoms with van der Waals surface area (Å²) < 4.78 is 57.2. The van der Waals surface area contributed by atoms with Gasteiger partial charge in [0.05, 0.1) is 5.56 Å². The van der Waals surface area contributed by atoms with E-state index in [1.54, 1.807) is 6.92 Å². The Hall–Kier alpha value is -3.36. The van der Waals surface area contributed by atoms with Gasteiger partial charge >= 0.3 is 6.18 Å². The average molecular weight is 434 g/mol. The van der Waals surface area contributed by atoms with E-state index in [0.717, 1.165) is 24.3 Å². The zero-order valence-electron chi connectivity index (χ0n) is 16.5. The molecule has 1 saturated heterocycles. The number of carbonyl (C=O) groups excluding carboxylic acids is 2. The first kappa shape index (κ1) is 20.9. The second-order valence-electron chi connectivity index (χ2n) is 7.36. The predicted octanol–water partition coefficient (Wildman–Crippen LogP) is 4.50. The lowest BCUT2D eigenvalue weighted by Crippen LogP contribution is -2.50. The molecule has 0 saturated carbocycles. The standard InChI is InChI=1S/C22H18F4N2O3/c1-13-17-12-16(23)6-7-18(17)31-19(13)21(30)28-10-8-27(9-11-28)20(29)14-2-4-15(5-3-14)22(24,25)26/h2-7,12H,8-11H2,1H3. The molecule has 0 radical (unpaired) electrons. The van der Waals surface area contributed by atoms with Crippen LogP contribution < -0.4 is 0 Å². The highest BCUT2D eigenvalue weighted by molar-refractivity contribution is 5.99. The van der Waals surface area contributed by atoms with Crippen LogP contribution in [0.1, 0.15) is 32.0 Å². The highest BCUT2D eigenvalue weighted by atomic mass is 19.4. The van der Waals surface area contributed by atoms with Crippen molar-refractivity contribution >= 4 is 22.8 Å². The number of hydrogen-bond acceptors (Lipinski definition) is 3. The molecule has 0 unspecified atom stereocenters. The number of rotatable bonds is 2.